The summed E-state index contributed by atoms with van der Waals surface area (Å²) in [6.07, 6.45) is 2.60. The van der Waals surface area contributed by atoms with Gasteiger partial charge in [-0.3, -0.25) is 9.59 Å². The molecule has 1 N–H and O–H groups in total. The maximum atomic E-state index is 12.9. The van der Waals surface area contributed by atoms with E-state index in [4.69, 9.17) is 9.47 Å². The Morgan fingerprint density at radius 2 is 1.85 bits per heavy atom. The summed E-state index contributed by atoms with van der Waals surface area (Å²) >= 11 is 0. The molecule has 6 heteroatoms. The lowest BCUT2D eigenvalue weighted by atomic mass is 9.98. The Kier molecular flexibility index (Phi) is 5.22. The van der Waals surface area contributed by atoms with Gasteiger partial charge in [-0.05, 0) is 37.3 Å². The van der Waals surface area contributed by atoms with E-state index in [1.54, 1.807) is 0 Å². The number of ether oxygens (including phenoxy) is 2. The second-order valence-corrected chi connectivity index (χ2v) is 7.42. The molecule has 1 aromatic rings. The summed E-state index contributed by atoms with van der Waals surface area (Å²) in [5, 5.41) is 3.09. The van der Waals surface area contributed by atoms with Crippen molar-refractivity contribution in [2.24, 2.45) is 11.8 Å². The van der Waals surface area contributed by atoms with E-state index in [0.29, 0.717) is 31.2 Å². The van der Waals surface area contributed by atoms with E-state index in [1.165, 1.54) is 0 Å². The van der Waals surface area contributed by atoms with Crippen molar-refractivity contribution in [2.45, 2.75) is 31.4 Å². The number of benzene rings is 1. The Bertz CT molecular complexity index is 644. The molecule has 4 rings (SSSR count). The molecule has 3 atom stereocenters. The molecule has 3 heterocycles. The van der Waals surface area contributed by atoms with Gasteiger partial charge in [0.1, 0.15) is 0 Å². The summed E-state index contributed by atoms with van der Waals surface area (Å²) in [4.78, 5) is 27.5. The van der Waals surface area contributed by atoms with Crippen molar-refractivity contribution < 1.29 is 19.1 Å². The fraction of sp³-hybridized carbons (Fsp3) is 0.600. The number of likely N-dealkylation sites (tertiary alicyclic amines) is 1. The Balaban J connectivity index is 1.41. The van der Waals surface area contributed by atoms with Gasteiger partial charge in [0.25, 0.3) is 5.91 Å². The molecular formula is C20H26N2O4. The predicted molar refractivity (Wildman–Crippen MR) is 95.7 cm³/mol. The van der Waals surface area contributed by atoms with Crippen LogP contribution in [0.3, 0.4) is 0 Å². The Hall–Kier alpha value is -1.92. The zero-order valence-electron chi connectivity index (χ0n) is 14.9. The standard InChI is InChI=1S/C20H26N2O4/c23-19(21-12-14-6-9-25-10-7-14)16-13-22(17-8-11-26-18(16)17)20(24)15-4-2-1-3-5-15/h1-5,14,16-18H,6-13H2,(H,21,23)/t16-,17-,18+/m1/s1. The number of fused-ring (bicyclic) bond motifs is 1. The molecule has 0 aromatic heterocycles. The van der Waals surface area contributed by atoms with Crippen LogP contribution in [0, 0.1) is 11.8 Å². The molecule has 0 radical (unpaired) electrons. The molecule has 3 aliphatic rings. The summed E-state index contributed by atoms with van der Waals surface area (Å²) in [5.41, 5.74) is 0.668. The van der Waals surface area contributed by atoms with Gasteiger partial charge in [-0.15, -0.1) is 0 Å². The zero-order valence-corrected chi connectivity index (χ0v) is 14.9. The first-order chi connectivity index (χ1) is 12.7. The predicted octanol–water partition coefficient (Wildman–Crippen LogP) is 1.46. The molecule has 0 saturated carbocycles. The number of nitrogens with zero attached hydrogens (tertiary/aromatic N) is 1. The SMILES string of the molecule is O=C(NCC1CCOCC1)[C@@H]1CN(C(=O)c2ccccc2)[C@@H]2CCO[C@H]21. The van der Waals surface area contributed by atoms with Crippen LogP contribution in [0.5, 0.6) is 0 Å². The number of carbonyl (C=O) groups is 2. The van der Waals surface area contributed by atoms with Gasteiger partial charge >= 0.3 is 0 Å². The summed E-state index contributed by atoms with van der Waals surface area (Å²) in [6, 6.07) is 9.28. The summed E-state index contributed by atoms with van der Waals surface area (Å²) in [7, 11) is 0. The molecule has 3 aliphatic heterocycles. The van der Waals surface area contributed by atoms with E-state index in [1.807, 2.05) is 35.2 Å². The minimum absolute atomic E-state index is 0.00142. The largest absolute Gasteiger partial charge is 0.381 e. The Morgan fingerprint density at radius 3 is 2.62 bits per heavy atom. The fourth-order valence-corrected chi connectivity index (χ4v) is 4.31. The quantitative estimate of drug-likeness (QED) is 0.885. The van der Waals surface area contributed by atoms with E-state index < -0.39 is 0 Å². The average molecular weight is 358 g/mol. The van der Waals surface area contributed by atoms with Crippen molar-refractivity contribution in [1.82, 2.24) is 10.2 Å². The molecule has 0 unspecified atom stereocenters. The van der Waals surface area contributed by atoms with Gasteiger partial charge in [0.15, 0.2) is 0 Å². The minimum atomic E-state index is -0.282. The van der Waals surface area contributed by atoms with E-state index in [2.05, 4.69) is 5.32 Å². The van der Waals surface area contributed by atoms with Gasteiger partial charge in [-0.2, -0.15) is 0 Å². The number of amides is 2. The van der Waals surface area contributed by atoms with Gasteiger partial charge in [0, 0.05) is 38.5 Å². The number of hydrogen-bond acceptors (Lipinski definition) is 4. The van der Waals surface area contributed by atoms with Gasteiger partial charge in [0.05, 0.1) is 18.1 Å². The molecule has 3 fully saturated rings. The number of rotatable bonds is 4. The zero-order chi connectivity index (χ0) is 17.9. The highest BCUT2D eigenvalue weighted by Crippen LogP contribution is 2.34. The van der Waals surface area contributed by atoms with Crippen LogP contribution in [0.2, 0.25) is 0 Å². The van der Waals surface area contributed by atoms with Crippen LogP contribution < -0.4 is 5.32 Å². The molecule has 26 heavy (non-hydrogen) atoms. The molecule has 1 aromatic carbocycles. The first-order valence-corrected chi connectivity index (χ1v) is 9.57. The summed E-state index contributed by atoms with van der Waals surface area (Å²) in [6.45, 7) is 3.28. The molecule has 6 nitrogen and oxygen atoms in total. The van der Waals surface area contributed by atoms with Crippen molar-refractivity contribution in [3.05, 3.63) is 35.9 Å². The third-order valence-corrected chi connectivity index (χ3v) is 5.82. The van der Waals surface area contributed by atoms with Crippen LogP contribution in [0.25, 0.3) is 0 Å². The van der Waals surface area contributed by atoms with E-state index in [9.17, 15) is 9.59 Å². The van der Waals surface area contributed by atoms with Crippen LogP contribution in [0.15, 0.2) is 30.3 Å². The molecule has 2 amide bonds. The monoisotopic (exact) mass is 358 g/mol. The average Bonchev–Trinajstić information content (AvgIpc) is 3.30. The maximum absolute atomic E-state index is 12.9. The van der Waals surface area contributed by atoms with E-state index in [-0.39, 0.29) is 29.9 Å². The molecular weight excluding hydrogens is 332 g/mol. The number of hydrogen-bond donors (Lipinski definition) is 1. The van der Waals surface area contributed by atoms with Gasteiger partial charge in [-0.25, -0.2) is 0 Å². The minimum Gasteiger partial charge on any atom is -0.381 e. The first kappa shape index (κ1) is 17.5. The maximum Gasteiger partial charge on any atom is 0.254 e. The second-order valence-electron chi connectivity index (χ2n) is 7.42. The van der Waals surface area contributed by atoms with Crippen molar-refractivity contribution in [1.29, 1.82) is 0 Å². The first-order valence-electron chi connectivity index (χ1n) is 9.57. The van der Waals surface area contributed by atoms with Gasteiger partial charge in [0.2, 0.25) is 5.91 Å². The molecule has 140 valence electrons. The second kappa shape index (κ2) is 7.76. The Labute approximate surface area is 153 Å². The van der Waals surface area contributed by atoms with Crippen molar-refractivity contribution >= 4 is 11.8 Å². The van der Waals surface area contributed by atoms with Gasteiger partial charge in [-0.1, -0.05) is 18.2 Å². The molecule has 0 bridgehead atoms. The molecule has 3 saturated heterocycles. The van der Waals surface area contributed by atoms with E-state index >= 15 is 0 Å². The summed E-state index contributed by atoms with van der Waals surface area (Å²) in [5.74, 6) is 0.203. The van der Waals surface area contributed by atoms with Crippen LogP contribution in [-0.4, -0.2) is 61.8 Å². The topological polar surface area (TPSA) is 67.9 Å². The van der Waals surface area contributed by atoms with Crippen molar-refractivity contribution in [3.63, 3.8) is 0 Å². The van der Waals surface area contributed by atoms with Crippen molar-refractivity contribution in [3.8, 4) is 0 Å². The number of nitrogens with one attached hydrogen (secondary N) is 1. The molecule has 0 spiro atoms. The van der Waals surface area contributed by atoms with Crippen LogP contribution >= 0.6 is 0 Å². The highest BCUT2D eigenvalue weighted by molar-refractivity contribution is 5.95. The van der Waals surface area contributed by atoms with Crippen molar-refractivity contribution in [2.75, 3.05) is 32.9 Å². The molecule has 0 aliphatic carbocycles. The normalized spacial score (nSPS) is 28.8. The third-order valence-electron chi connectivity index (χ3n) is 5.82. The summed E-state index contributed by atoms with van der Waals surface area (Å²) < 4.78 is 11.2. The smallest absolute Gasteiger partial charge is 0.254 e. The van der Waals surface area contributed by atoms with Crippen LogP contribution in [-0.2, 0) is 14.3 Å². The van der Waals surface area contributed by atoms with E-state index in [0.717, 1.165) is 32.5 Å². The van der Waals surface area contributed by atoms with Crippen LogP contribution in [0.4, 0.5) is 0 Å². The highest BCUT2D eigenvalue weighted by Gasteiger charge is 2.50. The lowest BCUT2D eigenvalue weighted by Crippen LogP contribution is -2.40. The number of carbonyl (C=O) groups excluding carboxylic acids is 2. The Morgan fingerprint density at radius 1 is 1.08 bits per heavy atom. The lowest BCUT2D eigenvalue weighted by Gasteiger charge is -2.23. The third kappa shape index (κ3) is 3.48. The lowest BCUT2D eigenvalue weighted by molar-refractivity contribution is -0.128. The highest BCUT2D eigenvalue weighted by atomic mass is 16.5. The van der Waals surface area contributed by atoms with Gasteiger partial charge < -0.3 is 19.7 Å². The van der Waals surface area contributed by atoms with Crippen LogP contribution in [0.1, 0.15) is 29.6 Å². The fourth-order valence-electron chi connectivity index (χ4n) is 4.31.